The van der Waals surface area contributed by atoms with Gasteiger partial charge in [0.15, 0.2) is 0 Å². The van der Waals surface area contributed by atoms with Crippen LogP contribution in [-0.2, 0) is 6.42 Å². The summed E-state index contributed by atoms with van der Waals surface area (Å²) in [5, 5.41) is 0. The fourth-order valence-electron chi connectivity index (χ4n) is 1.22. The standard InChI is InChI=1S/C12H19NO/c1-3-10(2)14-12-6-4-11(5-7-12)8-9-13/h4-7,10H,3,8-9,13H2,1-2H3. The summed E-state index contributed by atoms with van der Waals surface area (Å²) < 4.78 is 5.67. The van der Waals surface area contributed by atoms with Crippen LogP contribution >= 0.6 is 0 Å². The van der Waals surface area contributed by atoms with E-state index in [0.29, 0.717) is 6.54 Å². The number of hydrogen-bond donors (Lipinski definition) is 1. The molecule has 78 valence electrons. The molecule has 14 heavy (non-hydrogen) atoms. The van der Waals surface area contributed by atoms with Crippen molar-refractivity contribution in [2.24, 2.45) is 5.73 Å². The molecule has 0 heterocycles. The van der Waals surface area contributed by atoms with Gasteiger partial charge in [0.1, 0.15) is 5.75 Å². The van der Waals surface area contributed by atoms with Crippen LogP contribution in [0.5, 0.6) is 5.75 Å². The van der Waals surface area contributed by atoms with E-state index in [4.69, 9.17) is 10.5 Å². The van der Waals surface area contributed by atoms with E-state index in [2.05, 4.69) is 26.0 Å². The highest BCUT2D eigenvalue weighted by atomic mass is 16.5. The predicted octanol–water partition coefficient (Wildman–Crippen LogP) is 2.37. The van der Waals surface area contributed by atoms with Crippen molar-refractivity contribution < 1.29 is 4.74 Å². The van der Waals surface area contributed by atoms with Gasteiger partial charge in [0.2, 0.25) is 0 Å². The molecule has 0 fully saturated rings. The van der Waals surface area contributed by atoms with E-state index in [-0.39, 0.29) is 6.10 Å². The third-order valence-corrected chi connectivity index (χ3v) is 2.27. The van der Waals surface area contributed by atoms with Crippen LogP contribution in [0.25, 0.3) is 0 Å². The van der Waals surface area contributed by atoms with E-state index in [1.807, 2.05) is 12.1 Å². The summed E-state index contributed by atoms with van der Waals surface area (Å²) >= 11 is 0. The van der Waals surface area contributed by atoms with Crippen LogP contribution in [0.4, 0.5) is 0 Å². The number of hydrogen-bond acceptors (Lipinski definition) is 2. The van der Waals surface area contributed by atoms with E-state index >= 15 is 0 Å². The Labute approximate surface area is 86.1 Å². The second-order valence-corrected chi connectivity index (χ2v) is 3.52. The van der Waals surface area contributed by atoms with Gasteiger partial charge in [0.05, 0.1) is 6.10 Å². The number of nitrogens with two attached hydrogens (primary N) is 1. The Hall–Kier alpha value is -1.02. The van der Waals surface area contributed by atoms with Crippen molar-refractivity contribution in [3.63, 3.8) is 0 Å². The number of benzene rings is 1. The Morgan fingerprint density at radius 2 is 1.93 bits per heavy atom. The predicted molar refractivity (Wildman–Crippen MR) is 59.6 cm³/mol. The number of ether oxygens (including phenoxy) is 1. The Morgan fingerprint density at radius 3 is 2.43 bits per heavy atom. The monoisotopic (exact) mass is 193 g/mol. The van der Waals surface area contributed by atoms with E-state index in [9.17, 15) is 0 Å². The fraction of sp³-hybridized carbons (Fsp3) is 0.500. The molecule has 0 aliphatic heterocycles. The summed E-state index contributed by atoms with van der Waals surface area (Å²) in [6, 6.07) is 8.17. The first kappa shape index (κ1) is 11.1. The Balaban J connectivity index is 2.54. The molecule has 2 heteroatoms. The first-order valence-corrected chi connectivity index (χ1v) is 5.22. The molecule has 1 unspecified atom stereocenters. The van der Waals surface area contributed by atoms with Gasteiger partial charge in [-0.15, -0.1) is 0 Å². The van der Waals surface area contributed by atoms with E-state index < -0.39 is 0 Å². The molecule has 0 aromatic heterocycles. The summed E-state index contributed by atoms with van der Waals surface area (Å²) in [5.41, 5.74) is 6.74. The average molecular weight is 193 g/mol. The molecule has 0 aliphatic carbocycles. The lowest BCUT2D eigenvalue weighted by Crippen LogP contribution is -2.09. The third kappa shape index (κ3) is 3.38. The van der Waals surface area contributed by atoms with Crippen LogP contribution in [-0.4, -0.2) is 12.6 Å². The third-order valence-electron chi connectivity index (χ3n) is 2.27. The first-order chi connectivity index (χ1) is 6.76. The Morgan fingerprint density at radius 1 is 1.29 bits per heavy atom. The Bertz CT molecular complexity index is 256. The maximum absolute atomic E-state index is 5.67. The maximum Gasteiger partial charge on any atom is 0.119 e. The second-order valence-electron chi connectivity index (χ2n) is 3.52. The van der Waals surface area contributed by atoms with E-state index in [0.717, 1.165) is 18.6 Å². The van der Waals surface area contributed by atoms with Gasteiger partial charge in [-0.2, -0.15) is 0 Å². The van der Waals surface area contributed by atoms with E-state index in [1.54, 1.807) is 0 Å². The van der Waals surface area contributed by atoms with Crippen molar-refractivity contribution in [3.8, 4) is 5.75 Å². The van der Waals surface area contributed by atoms with Gasteiger partial charge in [0, 0.05) is 0 Å². The van der Waals surface area contributed by atoms with Gasteiger partial charge in [0.25, 0.3) is 0 Å². The quantitative estimate of drug-likeness (QED) is 0.779. The zero-order valence-corrected chi connectivity index (χ0v) is 8.99. The minimum absolute atomic E-state index is 0.287. The number of rotatable bonds is 5. The van der Waals surface area contributed by atoms with Gasteiger partial charge in [-0.05, 0) is 44.0 Å². The molecule has 1 atom stereocenters. The van der Waals surface area contributed by atoms with Crippen molar-refractivity contribution >= 4 is 0 Å². The smallest absolute Gasteiger partial charge is 0.119 e. The van der Waals surface area contributed by atoms with Crippen LogP contribution in [0.1, 0.15) is 25.8 Å². The normalized spacial score (nSPS) is 12.5. The van der Waals surface area contributed by atoms with Gasteiger partial charge in [-0.25, -0.2) is 0 Å². The highest BCUT2D eigenvalue weighted by molar-refractivity contribution is 5.27. The average Bonchev–Trinajstić information content (AvgIpc) is 2.21. The van der Waals surface area contributed by atoms with Crippen LogP contribution in [0, 0.1) is 0 Å². The van der Waals surface area contributed by atoms with Crippen LogP contribution in [0.15, 0.2) is 24.3 Å². The molecule has 2 nitrogen and oxygen atoms in total. The molecule has 1 aromatic rings. The van der Waals surface area contributed by atoms with Crippen molar-refractivity contribution in [3.05, 3.63) is 29.8 Å². The first-order valence-electron chi connectivity index (χ1n) is 5.22. The molecule has 0 aliphatic rings. The summed E-state index contributed by atoms with van der Waals surface area (Å²) in [7, 11) is 0. The lowest BCUT2D eigenvalue weighted by atomic mass is 10.1. The summed E-state index contributed by atoms with van der Waals surface area (Å²) in [6.07, 6.45) is 2.25. The largest absolute Gasteiger partial charge is 0.491 e. The van der Waals surface area contributed by atoms with Crippen molar-refractivity contribution in [1.29, 1.82) is 0 Å². The molecule has 1 rings (SSSR count). The molecule has 0 amide bonds. The molecule has 0 bridgehead atoms. The highest BCUT2D eigenvalue weighted by Gasteiger charge is 2.00. The zero-order chi connectivity index (χ0) is 10.4. The highest BCUT2D eigenvalue weighted by Crippen LogP contribution is 2.14. The van der Waals surface area contributed by atoms with E-state index in [1.165, 1.54) is 5.56 Å². The van der Waals surface area contributed by atoms with Gasteiger partial charge in [-0.3, -0.25) is 0 Å². The maximum atomic E-state index is 5.67. The minimum Gasteiger partial charge on any atom is -0.491 e. The molecular formula is C12H19NO. The SMILES string of the molecule is CCC(C)Oc1ccc(CCN)cc1. The topological polar surface area (TPSA) is 35.2 Å². The van der Waals surface area contributed by atoms with Gasteiger partial charge >= 0.3 is 0 Å². The molecule has 0 spiro atoms. The minimum atomic E-state index is 0.287. The lowest BCUT2D eigenvalue weighted by Gasteiger charge is -2.12. The lowest BCUT2D eigenvalue weighted by molar-refractivity contribution is 0.217. The summed E-state index contributed by atoms with van der Waals surface area (Å²) in [6.45, 7) is 4.90. The molecule has 2 N–H and O–H groups in total. The zero-order valence-electron chi connectivity index (χ0n) is 8.99. The summed E-state index contributed by atoms with van der Waals surface area (Å²) in [5.74, 6) is 0.945. The molecule has 0 saturated carbocycles. The molecule has 0 radical (unpaired) electrons. The van der Waals surface area contributed by atoms with Crippen LogP contribution < -0.4 is 10.5 Å². The molecule has 1 aromatic carbocycles. The van der Waals surface area contributed by atoms with Crippen LogP contribution in [0.2, 0.25) is 0 Å². The van der Waals surface area contributed by atoms with Crippen molar-refractivity contribution in [1.82, 2.24) is 0 Å². The fourth-order valence-corrected chi connectivity index (χ4v) is 1.22. The molecular weight excluding hydrogens is 174 g/mol. The van der Waals surface area contributed by atoms with Crippen LogP contribution in [0.3, 0.4) is 0 Å². The molecule has 0 saturated heterocycles. The van der Waals surface area contributed by atoms with Gasteiger partial charge in [-0.1, -0.05) is 19.1 Å². The van der Waals surface area contributed by atoms with Crippen molar-refractivity contribution in [2.75, 3.05) is 6.54 Å². The van der Waals surface area contributed by atoms with Gasteiger partial charge < -0.3 is 10.5 Å². The summed E-state index contributed by atoms with van der Waals surface area (Å²) in [4.78, 5) is 0. The van der Waals surface area contributed by atoms with Crippen molar-refractivity contribution in [2.45, 2.75) is 32.8 Å². The Kier molecular flexibility index (Phi) is 4.47. The second kappa shape index (κ2) is 5.66.